The van der Waals surface area contributed by atoms with Crippen LogP contribution in [0.2, 0.25) is 5.02 Å². The number of anilines is 1. The predicted molar refractivity (Wildman–Crippen MR) is 131 cm³/mol. The highest BCUT2D eigenvalue weighted by atomic mass is 35.5. The fraction of sp³-hybridized carbons (Fsp3) is 0.400. The van der Waals surface area contributed by atoms with Crippen molar-refractivity contribution in [1.29, 1.82) is 0 Å². The molecule has 3 rings (SSSR count). The molecule has 0 saturated heterocycles. The second-order valence-electron chi connectivity index (χ2n) is 8.87. The molecule has 3 aromatic rings. The van der Waals surface area contributed by atoms with Crippen molar-refractivity contribution in [2.75, 3.05) is 19.0 Å². The number of nitrogens with one attached hydrogen (secondary N) is 1. The molecule has 1 N–H and O–H groups in total. The SMILES string of the molecule is CCCCOc1ccc(C(C)(C)C)cc1NC(=O)c1nnn(-c2cc(OC)ccc2Cl)c1C. The molecular formula is C25H31ClN4O3. The van der Waals surface area contributed by atoms with E-state index in [1.807, 2.05) is 18.2 Å². The van der Waals surface area contributed by atoms with Gasteiger partial charge >= 0.3 is 0 Å². The van der Waals surface area contributed by atoms with Crippen LogP contribution in [0.1, 0.15) is 62.3 Å². The summed E-state index contributed by atoms with van der Waals surface area (Å²) in [5.41, 5.74) is 2.96. The van der Waals surface area contributed by atoms with Gasteiger partial charge in [0, 0.05) is 6.07 Å². The van der Waals surface area contributed by atoms with Gasteiger partial charge in [-0.25, -0.2) is 4.68 Å². The standard InChI is InChI=1S/C25H31ClN4O3/c1-7-8-13-33-22-12-9-17(25(3,4)5)14-20(22)27-24(31)23-16(2)30(29-28-23)21-15-18(32-6)10-11-19(21)26/h9-12,14-15H,7-8,13H2,1-6H3,(H,27,31). The summed E-state index contributed by atoms with van der Waals surface area (Å²) in [6.45, 7) is 10.8. The minimum absolute atomic E-state index is 0.0798. The Balaban J connectivity index is 1.93. The average molecular weight is 471 g/mol. The largest absolute Gasteiger partial charge is 0.497 e. The maximum absolute atomic E-state index is 13.2. The van der Waals surface area contributed by atoms with E-state index in [2.05, 4.69) is 43.3 Å². The molecule has 2 aromatic carbocycles. The summed E-state index contributed by atoms with van der Waals surface area (Å²) in [7, 11) is 1.58. The fourth-order valence-corrected chi connectivity index (χ4v) is 3.48. The van der Waals surface area contributed by atoms with E-state index < -0.39 is 0 Å². The highest BCUT2D eigenvalue weighted by Gasteiger charge is 2.22. The number of hydrogen-bond acceptors (Lipinski definition) is 5. The molecule has 0 saturated carbocycles. The van der Waals surface area contributed by atoms with Gasteiger partial charge in [0.15, 0.2) is 5.69 Å². The Labute approximate surface area is 200 Å². The van der Waals surface area contributed by atoms with E-state index in [4.69, 9.17) is 21.1 Å². The summed E-state index contributed by atoms with van der Waals surface area (Å²) in [4.78, 5) is 13.2. The van der Waals surface area contributed by atoms with Crippen LogP contribution in [0.4, 0.5) is 5.69 Å². The van der Waals surface area contributed by atoms with Crippen LogP contribution in [-0.2, 0) is 5.41 Å². The zero-order valence-corrected chi connectivity index (χ0v) is 20.8. The number of amides is 1. The number of halogens is 1. The first-order chi connectivity index (χ1) is 15.7. The quantitative estimate of drug-likeness (QED) is 0.410. The molecule has 0 aliphatic rings. The highest BCUT2D eigenvalue weighted by Crippen LogP contribution is 2.32. The lowest BCUT2D eigenvalue weighted by atomic mass is 9.87. The molecule has 0 spiro atoms. The third-order valence-electron chi connectivity index (χ3n) is 5.34. The van der Waals surface area contributed by atoms with Gasteiger partial charge in [-0.3, -0.25) is 4.79 Å². The van der Waals surface area contributed by atoms with Crippen LogP contribution in [0.25, 0.3) is 5.69 Å². The van der Waals surface area contributed by atoms with Gasteiger partial charge in [0.25, 0.3) is 5.91 Å². The van der Waals surface area contributed by atoms with Gasteiger partial charge in [-0.2, -0.15) is 0 Å². The first-order valence-electron chi connectivity index (χ1n) is 11.0. The summed E-state index contributed by atoms with van der Waals surface area (Å²) in [5.74, 6) is 0.887. The van der Waals surface area contributed by atoms with Crippen LogP contribution < -0.4 is 14.8 Å². The van der Waals surface area contributed by atoms with Crippen molar-refractivity contribution in [2.24, 2.45) is 0 Å². The summed E-state index contributed by atoms with van der Waals surface area (Å²) < 4.78 is 12.8. The number of hydrogen-bond donors (Lipinski definition) is 1. The Kier molecular flexibility index (Phi) is 7.64. The van der Waals surface area contributed by atoms with Crippen LogP contribution in [0, 0.1) is 6.92 Å². The molecule has 0 aliphatic heterocycles. The number of carbonyl (C=O) groups excluding carboxylic acids is 1. The van der Waals surface area contributed by atoms with Gasteiger partial charge in [-0.1, -0.05) is 57.0 Å². The molecule has 0 aliphatic carbocycles. The van der Waals surface area contributed by atoms with Crippen molar-refractivity contribution in [2.45, 2.75) is 52.9 Å². The predicted octanol–water partition coefficient (Wildman–Crippen LogP) is 5.97. The molecule has 33 heavy (non-hydrogen) atoms. The molecule has 0 bridgehead atoms. The van der Waals surface area contributed by atoms with Gasteiger partial charge in [0.1, 0.15) is 11.5 Å². The van der Waals surface area contributed by atoms with Gasteiger partial charge in [0.2, 0.25) is 0 Å². The van der Waals surface area contributed by atoms with E-state index in [0.29, 0.717) is 40.2 Å². The normalized spacial score (nSPS) is 11.4. The van der Waals surface area contributed by atoms with E-state index >= 15 is 0 Å². The van der Waals surface area contributed by atoms with Gasteiger partial charge < -0.3 is 14.8 Å². The zero-order valence-electron chi connectivity index (χ0n) is 20.0. The topological polar surface area (TPSA) is 78.3 Å². The molecule has 1 heterocycles. The number of aromatic nitrogens is 3. The molecule has 1 amide bonds. The van der Waals surface area contributed by atoms with Crippen molar-refractivity contribution in [1.82, 2.24) is 15.0 Å². The molecule has 0 radical (unpaired) electrons. The molecule has 0 atom stereocenters. The van der Waals surface area contributed by atoms with Crippen LogP contribution in [0.15, 0.2) is 36.4 Å². The Morgan fingerprint density at radius 1 is 1.18 bits per heavy atom. The van der Waals surface area contributed by atoms with E-state index in [1.54, 1.807) is 32.2 Å². The van der Waals surface area contributed by atoms with Crippen LogP contribution in [0.5, 0.6) is 11.5 Å². The maximum Gasteiger partial charge on any atom is 0.278 e. The van der Waals surface area contributed by atoms with Gasteiger partial charge in [-0.15, -0.1) is 5.10 Å². The Morgan fingerprint density at radius 2 is 1.94 bits per heavy atom. The molecule has 0 unspecified atom stereocenters. The molecule has 8 heteroatoms. The number of carbonyl (C=O) groups is 1. The summed E-state index contributed by atoms with van der Waals surface area (Å²) >= 11 is 6.36. The summed E-state index contributed by atoms with van der Waals surface area (Å²) in [5, 5.41) is 11.7. The zero-order chi connectivity index (χ0) is 24.2. The molecule has 0 fully saturated rings. The Hall–Kier alpha value is -3.06. The van der Waals surface area contributed by atoms with E-state index in [0.717, 1.165) is 18.4 Å². The summed E-state index contributed by atoms with van der Waals surface area (Å²) in [6.07, 6.45) is 1.96. The Bertz CT molecular complexity index is 1140. The third-order valence-corrected chi connectivity index (χ3v) is 5.66. The Morgan fingerprint density at radius 3 is 2.61 bits per heavy atom. The van der Waals surface area contributed by atoms with Crippen LogP contribution >= 0.6 is 11.6 Å². The number of ether oxygens (including phenoxy) is 2. The molecule has 1 aromatic heterocycles. The minimum atomic E-state index is -0.371. The van der Waals surface area contributed by atoms with E-state index in [-0.39, 0.29) is 17.0 Å². The van der Waals surface area contributed by atoms with E-state index in [1.165, 1.54) is 4.68 Å². The van der Waals surface area contributed by atoms with Gasteiger partial charge in [-0.05, 0) is 48.6 Å². The highest BCUT2D eigenvalue weighted by molar-refractivity contribution is 6.32. The molecule has 7 nitrogen and oxygen atoms in total. The number of benzene rings is 2. The third kappa shape index (κ3) is 5.66. The minimum Gasteiger partial charge on any atom is -0.497 e. The lowest BCUT2D eigenvalue weighted by Crippen LogP contribution is -2.17. The van der Waals surface area contributed by atoms with Gasteiger partial charge in [0.05, 0.1) is 35.8 Å². The molecular weight excluding hydrogens is 440 g/mol. The van der Waals surface area contributed by atoms with Crippen molar-refractivity contribution in [3.63, 3.8) is 0 Å². The van der Waals surface area contributed by atoms with Crippen molar-refractivity contribution >= 4 is 23.2 Å². The van der Waals surface area contributed by atoms with Crippen LogP contribution in [-0.4, -0.2) is 34.6 Å². The first-order valence-corrected chi connectivity index (χ1v) is 11.4. The van der Waals surface area contributed by atoms with Crippen molar-refractivity contribution in [3.05, 3.63) is 58.4 Å². The van der Waals surface area contributed by atoms with Crippen LogP contribution in [0.3, 0.4) is 0 Å². The number of unbranched alkanes of at least 4 members (excludes halogenated alkanes) is 1. The maximum atomic E-state index is 13.2. The lowest BCUT2D eigenvalue weighted by Gasteiger charge is -2.21. The number of rotatable bonds is 8. The lowest BCUT2D eigenvalue weighted by molar-refractivity contribution is 0.102. The van der Waals surface area contributed by atoms with E-state index in [9.17, 15) is 4.79 Å². The smallest absolute Gasteiger partial charge is 0.278 e. The second-order valence-corrected chi connectivity index (χ2v) is 9.28. The average Bonchev–Trinajstić information content (AvgIpc) is 3.15. The fourth-order valence-electron chi connectivity index (χ4n) is 3.28. The second kappa shape index (κ2) is 10.3. The van der Waals surface area contributed by atoms with Crippen molar-refractivity contribution < 1.29 is 14.3 Å². The van der Waals surface area contributed by atoms with Crippen molar-refractivity contribution in [3.8, 4) is 17.2 Å². The monoisotopic (exact) mass is 470 g/mol. The number of methoxy groups -OCH3 is 1. The summed E-state index contributed by atoms with van der Waals surface area (Å²) in [6, 6.07) is 11.1. The molecule has 176 valence electrons. The number of nitrogens with zero attached hydrogens (tertiary/aromatic N) is 3. The first kappa shape index (κ1) is 24.6.